The zero-order chi connectivity index (χ0) is 17.3. The van der Waals surface area contributed by atoms with Gasteiger partial charge < -0.3 is 15.4 Å². The number of rotatable bonds is 8. The molecule has 0 fully saturated rings. The topological polar surface area (TPSA) is 79.8 Å². The second-order valence-electron chi connectivity index (χ2n) is 4.83. The van der Waals surface area contributed by atoms with Crippen LogP contribution in [0.25, 0.3) is 0 Å². The first kappa shape index (κ1) is 23.0. The number of nitrogens with one attached hydrogen (secondary N) is 2. The largest absolute Gasteiger partial charge is 0.379 e. The number of sulfone groups is 1. The number of hydrogen-bond donors (Lipinski definition) is 2. The van der Waals surface area contributed by atoms with Crippen LogP contribution in [0, 0.1) is 11.6 Å². The van der Waals surface area contributed by atoms with Crippen LogP contribution in [0.4, 0.5) is 8.78 Å². The second kappa shape index (κ2) is 11.5. The van der Waals surface area contributed by atoms with Crippen LogP contribution in [0.2, 0.25) is 0 Å². The number of benzene rings is 1. The van der Waals surface area contributed by atoms with E-state index in [9.17, 15) is 17.2 Å². The van der Waals surface area contributed by atoms with E-state index in [1.54, 1.807) is 7.05 Å². The molecule has 10 heteroatoms. The first-order valence-corrected chi connectivity index (χ1v) is 9.02. The maximum atomic E-state index is 13.5. The van der Waals surface area contributed by atoms with Crippen LogP contribution in [0.15, 0.2) is 23.2 Å². The Bertz CT molecular complexity index is 642. The van der Waals surface area contributed by atoms with Crippen LogP contribution in [0.5, 0.6) is 0 Å². The number of hydrogen-bond acceptors (Lipinski definition) is 4. The number of ether oxygens (including phenoxy) is 1. The van der Waals surface area contributed by atoms with Crippen molar-refractivity contribution >= 4 is 39.8 Å². The van der Waals surface area contributed by atoms with E-state index in [-0.39, 0.29) is 48.4 Å². The quantitative estimate of drug-likeness (QED) is 0.256. The summed E-state index contributed by atoms with van der Waals surface area (Å²) in [6.07, 6.45) is 1.14. The highest BCUT2D eigenvalue weighted by Gasteiger charge is 2.05. The summed E-state index contributed by atoms with van der Waals surface area (Å²) in [4.78, 5) is 3.94. The van der Waals surface area contributed by atoms with E-state index in [0.29, 0.717) is 19.1 Å². The molecule has 0 aliphatic heterocycles. The predicted molar refractivity (Wildman–Crippen MR) is 101 cm³/mol. The molecule has 24 heavy (non-hydrogen) atoms. The van der Waals surface area contributed by atoms with Gasteiger partial charge in [0.1, 0.15) is 21.5 Å². The number of aliphatic imine (C=N–C) groups is 1. The molecule has 0 spiro atoms. The van der Waals surface area contributed by atoms with Gasteiger partial charge in [-0.25, -0.2) is 17.2 Å². The van der Waals surface area contributed by atoms with Crippen LogP contribution in [0.1, 0.15) is 5.56 Å². The molecule has 0 amide bonds. The fraction of sp³-hybridized carbons (Fsp3) is 0.500. The van der Waals surface area contributed by atoms with Crippen molar-refractivity contribution in [3.05, 3.63) is 35.4 Å². The molecule has 6 nitrogen and oxygen atoms in total. The maximum absolute atomic E-state index is 13.5. The Kier molecular flexibility index (Phi) is 11.0. The van der Waals surface area contributed by atoms with Gasteiger partial charge in [0.25, 0.3) is 0 Å². The summed E-state index contributed by atoms with van der Waals surface area (Å²) in [6.45, 7) is 0.902. The average Bonchev–Trinajstić information content (AvgIpc) is 2.48. The molecule has 138 valence electrons. The van der Waals surface area contributed by atoms with Crippen molar-refractivity contribution in [1.82, 2.24) is 10.6 Å². The Morgan fingerprint density at radius 3 is 2.58 bits per heavy atom. The van der Waals surface area contributed by atoms with Gasteiger partial charge in [-0.2, -0.15) is 0 Å². The molecular weight excluding hydrogens is 455 g/mol. The summed E-state index contributed by atoms with van der Waals surface area (Å²) in [6, 6.07) is 3.24. The van der Waals surface area contributed by atoms with Gasteiger partial charge in [0.05, 0.1) is 19.0 Å². The van der Waals surface area contributed by atoms with Gasteiger partial charge in [0.2, 0.25) is 0 Å². The van der Waals surface area contributed by atoms with Crippen molar-refractivity contribution in [2.75, 3.05) is 38.8 Å². The van der Waals surface area contributed by atoms with E-state index in [4.69, 9.17) is 4.74 Å². The molecule has 1 rings (SSSR count). The van der Waals surface area contributed by atoms with Gasteiger partial charge >= 0.3 is 0 Å². The molecule has 0 unspecified atom stereocenters. The molecule has 0 aliphatic carbocycles. The number of guanidine groups is 1. The summed E-state index contributed by atoms with van der Waals surface area (Å²) >= 11 is 0. The molecular formula is C14H22F2IN3O3S. The first-order chi connectivity index (χ1) is 10.8. The third kappa shape index (κ3) is 9.98. The lowest BCUT2D eigenvalue weighted by Crippen LogP contribution is -2.38. The van der Waals surface area contributed by atoms with E-state index in [2.05, 4.69) is 15.6 Å². The van der Waals surface area contributed by atoms with Crippen molar-refractivity contribution in [3.8, 4) is 0 Å². The Morgan fingerprint density at radius 2 is 1.96 bits per heavy atom. The Labute approximate surface area is 158 Å². The lowest BCUT2D eigenvalue weighted by Gasteiger charge is -2.12. The lowest BCUT2D eigenvalue weighted by molar-refractivity contribution is 0.154. The van der Waals surface area contributed by atoms with Gasteiger partial charge in [-0.1, -0.05) is 0 Å². The minimum atomic E-state index is -3.03. The first-order valence-electron chi connectivity index (χ1n) is 6.96. The molecule has 0 atom stereocenters. The van der Waals surface area contributed by atoms with Crippen LogP contribution in [-0.4, -0.2) is 53.2 Å². The summed E-state index contributed by atoms with van der Waals surface area (Å²) in [7, 11) is -1.48. The monoisotopic (exact) mass is 477 g/mol. The molecule has 1 aromatic rings. The van der Waals surface area contributed by atoms with Gasteiger partial charge in [0, 0.05) is 32.0 Å². The predicted octanol–water partition coefficient (Wildman–Crippen LogP) is 1.31. The van der Waals surface area contributed by atoms with Crippen LogP contribution < -0.4 is 10.6 Å². The van der Waals surface area contributed by atoms with E-state index < -0.39 is 21.5 Å². The zero-order valence-corrected chi connectivity index (χ0v) is 16.7. The van der Waals surface area contributed by atoms with Gasteiger partial charge in [-0.15, -0.1) is 24.0 Å². The van der Waals surface area contributed by atoms with Crippen molar-refractivity contribution in [1.29, 1.82) is 0 Å². The highest BCUT2D eigenvalue weighted by Crippen LogP contribution is 2.08. The molecule has 0 bridgehead atoms. The molecule has 0 saturated heterocycles. The molecule has 0 aromatic heterocycles. The third-order valence-corrected chi connectivity index (χ3v) is 3.72. The average molecular weight is 477 g/mol. The standard InChI is InChI=1S/C14H21F2N3O3S.HI/c1-17-14(18-5-6-22-7-8-23(2,20)21)19-10-11-9-12(15)3-4-13(11)16;/h3-4,9H,5-8,10H2,1-2H3,(H2,17,18,19);1H. The van der Waals surface area contributed by atoms with E-state index in [1.807, 2.05) is 0 Å². The van der Waals surface area contributed by atoms with Crippen molar-refractivity contribution < 1.29 is 21.9 Å². The molecule has 0 saturated carbocycles. The maximum Gasteiger partial charge on any atom is 0.191 e. The highest BCUT2D eigenvalue weighted by atomic mass is 127. The van der Waals surface area contributed by atoms with Crippen LogP contribution in [-0.2, 0) is 21.1 Å². The van der Waals surface area contributed by atoms with Crippen LogP contribution >= 0.6 is 24.0 Å². The third-order valence-electron chi connectivity index (χ3n) is 2.81. The summed E-state index contributed by atoms with van der Waals surface area (Å²) in [5.41, 5.74) is 0.192. The van der Waals surface area contributed by atoms with Crippen molar-refractivity contribution in [2.24, 2.45) is 4.99 Å². The molecule has 0 aliphatic rings. The Balaban J connectivity index is 0.00000529. The normalized spacial score (nSPS) is 11.8. The SMILES string of the molecule is CN=C(NCCOCCS(C)(=O)=O)NCc1cc(F)ccc1F.I. The van der Waals surface area contributed by atoms with Crippen LogP contribution in [0.3, 0.4) is 0 Å². The summed E-state index contributed by atoms with van der Waals surface area (Å²) < 4.78 is 53.5. The van der Waals surface area contributed by atoms with Crippen molar-refractivity contribution in [2.45, 2.75) is 6.54 Å². The minimum absolute atomic E-state index is 0. The number of nitrogens with zero attached hydrogens (tertiary/aromatic N) is 1. The van der Waals surface area contributed by atoms with E-state index >= 15 is 0 Å². The van der Waals surface area contributed by atoms with Gasteiger partial charge in [-0.3, -0.25) is 4.99 Å². The number of halogens is 3. The molecule has 0 heterocycles. The highest BCUT2D eigenvalue weighted by molar-refractivity contribution is 14.0. The molecule has 0 radical (unpaired) electrons. The summed E-state index contributed by atoms with van der Waals surface area (Å²) in [5, 5.41) is 5.77. The Hall–Kier alpha value is -1.01. The van der Waals surface area contributed by atoms with Crippen molar-refractivity contribution in [3.63, 3.8) is 0 Å². The van der Waals surface area contributed by atoms with E-state index in [0.717, 1.165) is 24.5 Å². The Morgan fingerprint density at radius 1 is 1.25 bits per heavy atom. The fourth-order valence-electron chi connectivity index (χ4n) is 1.63. The minimum Gasteiger partial charge on any atom is -0.379 e. The lowest BCUT2D eigenvalue weighted by atomic mass is 10.2. The molecule has 1 aromatic carbocycles. The fourth-order valence-corrected chi connectivity index (χ4v) is 2.05. The zero-order valence-electron chi connectivity index (χ0n) is 13.5. The van der Waals surface area contributed by atoms with Gasteiger partial charge in [0.15, 0.2) is 5.96 Å². The van der Waals surface area contributed by atoms with Gasteiger partial charge in [-0.05, 0) is 18.2 Å². The summed E-state index contributed by atoms with van der Waals surface area (Å²) in [5.74, 6) is -0.636. The molecule has 2 N–H and O–H groups in total. The van der Waals surface area contributed by atoms with E-state index in [1.165, 1.54) is 0 Å². The smallest absolute Gasteiger partial charge is 0.191 e. The second-order valence-corrected chi connectivity index (χ2v) is 7.09.